The highest BCUT2D eigenvalue weighted by Gasteiger charge is 2.24. The molecule has 1 saturated heterocycles. The van der Waals surface area contributed by atoms with Gasteiger partial charge in [0.2, 0.25) is 0 Å². The van der Waals surface area contributed by atoms with Gasteiger partial charge in [-0.05, 0) is 31.2 Å². The quantitative estimate of drug-likeness (QED) is 0.689. The van der Waals surface area contributed by atoms with Crippen LogP contribution < -0.4 is 21.3 Å². The number of quaternary nitrogens is 1. The molecule has 0 radical (unpaired) electrons. The summed E-state index contributed by atoms with van der Waals surface area (Å²) in [6.07, 6.45) is 6.28. The van der Waals surface area contributed by atoms with Gasteiger partial charge in [-0.15, -0.1) is 11.3 Å². The van der Waals surface area contributed by atoms with Gasteiger partial charge < -0.3 is 14.8 Å². The molecule has 2 aromatic heterocycles. The Bertz CT molecular complexity index is 965. The summed E-state index contributed by atoms with van der Waals surface area (Å²) in [6.45, 7) is 2.86. The summed E-state index contributed by atoms with van der Waals surface area (Å²) >= 11 is 1.54. The molecule has 7 nitrogen and oxygen atoms in total. The van der Waals surface area contributed by atoms with Crippen molar-refractivity contribution < 1.29 is 14.8 Å². The van der Waals surface area contributed by atoms with Crippen molar-refractivity contribution in [2.45, 2.75) is 51.6 Å². The third kappa shape index (κ3) is 3.01. The van der Waals surface area contributed by atoms with Crippen LogP contribution in [0, 0.1) is 0 Å². The smallest absolute Gasteiger partial charge is 0.332 e. The molecule has 1 aliphatic heterocycles. The lowest BCUT2D eigenvalue weighted by atomic mass is 9.97. The largest absolute Gasteiger partial charge is 0.548 e. The number of fused-ring (bicyclic) bond motifs is 3. The van der Waals surface area contributed by atoms with Gasteiger partial charge in [0.1, 0.15) is 4.83 Å². The number of aromatic nitrogens is 2. The van der Waals surface area contributed by atoms with Crippen LogP contribution in [0.4, 0.5) is 0 Å². The van der Waals surface area contributed by atoms with Gasteiger partial charge in [0.05, 0.1) is 44.1 Å². The standard InChI is InChI=1S/C18H23N3O4S/c22-14(23)11-21-16(24)15-12-5-1-2-6-13(12)26-17(15)20(18(21)25)10-9-19-7-3-4-8-19/h1-11H2,(H,22,23). The van der Waals surface area contributed by atoms with Crippen LogP contribution in [0.15, 0.2) is 9.59 Å². The second-order valence-corrected chi connectivity index (χ2v) is 8.38. The predicted molar refractivity (Wildman–Crippen MR) is 96.8 cm³/mol. The SMILES string of the molecule is O=C([O-])Cn1c(=O)c2c3c(sc2n(CC[NH+]2CCCC2)c1=O)CCCC3. The van der Waals surface area contributed by atoms with Crippen molar-refractivity contribution >= 4 is 27.5 Å². The molecule has 0 amide bonds. The molecule has 0 saturated carbocycles. The number of aryl methyl sites for hydroxylation is 2. The van der Waals surface area contributed by atoms with Gasteiger partial charge in [0.15, 0.2) is 0 Å². The first kappa shape index (κ1) is 17.5. The van der Waals surface area contributed by atoms with Crippen LogP contribution in [0.1, 0.15) is 36.1 Å². The van der Waals surface area contributed by atoms with Crippen LogP contribution in [0.5, 0.6) is 0 Å². The van der Waals surface area contributed by atoms with Crippen LogP contribution in [0.3, 0.4) is 0 Å². The predicted octanol–water partition coefficient (Wildman–Crippen LogP) is -1.47. The zero-order valence-corrected chi connectivity index (χ0v) is 15.5. The lowest BCUT2D eigenvalue weighted by Gasteiger charge is -2.16. The molecule has 0 spiro atoms. The molecule has 2 aliphatic rings. The van der Waals surface area contributed by atoms with E-state index in [4.69, 9.17) is 0 Å². The minimum absolute atomic E-state index is 0.474. The molecule has 0 aromatic carbocycles. The van der Waals surface area contributed by atoms with E-state index in [-0.39, 0.29) is 0 Å². The average molecular weight is 377 g/mol. The number of carbonyl (C=O) groups is 1. The van der Waals surface area contributed by atoms with E-state index in [1.807, 2.05) is 0 Å². The van der Waals surface area contributed by atoms with E-state index in [1.165, 1.54) is 22.6 Å². The molecule has 8 heteroatoms. The van der Waals surface area contributed by atoms with Crippen molar-refractivity contribution in [3.63, 3.8) is 0 Å². The van der Waals surface area contributed by atoms with Crippen LogP contribution >= 0.6 is 11.3 Å². The van der Waals surface area contributed by atoms with Gasteiger partial charge >= 0.3 is 5.69 Å². The minimum Gasteiger partial charge on any atom is -0.548 e. The first-order chi connectivity index (χ1) is 12.6. The monoisotopic (exact) mass is 377 g/mol. The Balaban J connectivity index is 1.86. The maximum absolute atomic E-state index is 12.9. The topological polar surface area (TPSA) is 88.6 Å². The molecule has 4 rings (SSSR count). The van der Waals surface area contributed by atoms with Crippen molar-refractivity contribution in [3.8, 4) is 0 Å². The van der Waals surface area contributed by atoms with Crippen LogP contribution in [0.2, 0.25) is 0 Å². The van der Waals surface area contributed by atoms with Gasteiger partial charge in [-0.1, -0.05) is 0 Å². The van der Waals surface area contributed by atoms with Crippen molar-refractivity contribution in [3.05, 3.63) is 31.3 Å². The zero-order chi connectivity index (χ0) is 18.3. The molecule has 1 N–H and O–H groups in total. The van der Waals surface area contributed by atoms with Gasteiger partial charge in [-0.3, -0.25) is 13.9 Å². The number of hydrogen-bond donors (Lipinski definition) is 1. The summed E-state index contributed by atoms with van der Waals surface area (Å²) < 4.78 is 2.48. The number of thiophene rings is 1. The van der Waals surface area contributed by atoms with E-state index in [1.54, 1.807) is 15.9 Å². The summed E-state index contributed by atoms with van der Waals surface area (Å²) in [6, 6.07) is 0. The third-order valence-electron chi connectivity index (χ3n) is 5.61. The van der Waals surface area contributed by atoms with E-state index in [0.29, 0.717) is 11.9 Å². The highest BCUT2D eigenvalue weighted by molar-refractivity contribution is 7.18. The zero-order valence-electron chi connectivity index (χ0n) is 14.7. The van der Waals surface area contributed by atoms with E-state index < -0.39 is 23.8 Å². The number of carboxylic acids is 1. The number of nitrogens with zero attached hydrogens (tertiary/aromatic N) is 2. The molecular weight excluding hydrogens is 354 g/mol. The van der Waals surface area contributed by atoms with E-state index >= 15 is 0 Å². The van der Waals surface area contributed by atoms with Gasteiger partial charge in [0.25, 0.3) is 5.56 Å². The molecule has 0 bridgehead atoms. The molecule has 26 heavy (non-hydrogen) atoms. The average Bonchev–Trinajstić information content (AvgIpc) is 3.25. The van der Waals surface area contributed by atoms with Crippen molar-refractivity contribution in [1.82, 2.24) is 9.13 Å². The lowest BCUT2D eigenvalue weighted by molar-refractivity contribution is -0.888. The van der Waals surface area contributed by atoms with Crippen LogP contribution in [0.25, 0.3) is 10.2 Å². The number of nitrogens with one attached hydrogen (secondary N) is 1. The Morgan fingerprint density at radius 2 is 1.81 bits per heavy atom. The molecule has 0 atom stereocenters. The third-order valence-corrected chi connectivity index (χ3v) is 6.92. The van der Waals surface area contributed by atoms with Crippen LogP contribution in [-0.4, -0.2) is 34.7 Å². The molecule has 140 valence electrons. The highest BCUT2D eigenvalue weighted by Crippen LogP contribution is 2.34. The molecule has 2 aromatic rings. The summed E-state index contributed by atoms with van der Waals surface area (Å²) in [5.74, 6) is -1.41. The second-order valence-electron chi connectivity index (χ2n) is 7.30. The maximum Gasteiger partial charge on any atom is 0.332 e. The molecular formula is C18H23N3O4S. The molecule has 1 aliphatic carbocycles. The summed E-state index contributed by atoms with van der Waals surface area (Å²) in [5.41, 5.74) is 0.0258. The molecule has 0 unspecified atom stereocenters. The number of carboxylic acid groups (broad SMARTS) is 1. The van der Waals surface area contributed by atoms with E-state index in [2.05, 4.69) is 0 Å². The van der Waals surface area contributed by atoms with Gasteiger partial charge in [-0.2, -0.15) is 0 Å². The van der Waals surface area contributed by atoms with E-state index in [0.717, 1.165) is 60.3 Å². The number of rotatable bonds is 5. The second kappa shape index (κ2) is 7.00. The number of likely N-dealkylation sites (tertiary alicyclic amines) is 1. The van der Waals surface area contributed by atoms with Crippen molar-refractivity contribution in [2.24, 2.45) is 0 Å². The first-order valence-electron chi connectivity index (χ1n) is 9.37. The Kier molecular flexibility index (Phi) is 4.71. The summed E-state index contributed by atoms with van der Waals surface area (Å²) in [4.78, 5) is 40.2. The van der Waals surface area contributed by atoms with Crippen molar-refractivity contribution in [1.29, 1.82) is 0 Å². The number of carbonyl (C=O) groups excluding carboxylic acids is 1. The maximum atomic E-state index is 12.9. The Morgan fingerprint density at radius 3 is 2.54 bits per heavy atom. The fraction of sp³-hybridized carbons (Fsp3) is 0.611. The summed E-state index contributed by atoms with van der Waals surface area (Å²) in [7, 11) is 0. The molecule has 1 fully saturated rings. The fourth-order valence-electron chi connectivity index (χ4n) is 4.28. The van der Waals surface area contributed by atoms with E-state index in [9.17, 15) is 19.5 Å². The van der Waals surface area contributed by atoms with Gasteiger partial charge in [-0.25, -0.2) is 4.79 Å². The Labute approximate surface area is 154 Å². The minimum atomic E-state index is -1.41. The number of aliphatic carboxylic acids is 1. The Hall–Kier alpha value is -1.93. The molecule has 3 heterocycles. The normalized spacial score (nSPS) is 17.7. The summed E-state index contributed by atoms with van der Waals surface area (Å²) in [5, 5.41) is 11.7. The number of hydrogen-bond acceptors (Lipinski definition) is 5. The van der Waals surface area contributed by atoms with Crippen LogP contribution in [-0.2, 0) is 30.7 Å². The highest BCUT2D eigenvalue weighted by atomic mass is 32.1. The first-order valence-corrected chi connectivity index (χ1v) is 10.2. The van der Waals surface area contributed by atoms with Crippen molar-refractivity contribution in [2.75, 3.05) is 19.6 Å². The lowest BCUT2D eigenvalue weighted by Crippen LogP contribution is -3.10. The fourth-order valence-corrected chi connectivity index (χ4v) is 5.68. The van der Waals surface area contributed by atoms with Gasteiger partial charge in [0, 0.05) is 17.7 Å². The Morgan fingerprint density at radius 1 is 1.08 bits per heavy atom.